The predicted octanol–water partition coefficient (Wildman–Crippen LogP) is 2.67. The molecule has 0 heterocycles. The highest BCUT2D eigenvalue weighted by atomic mass is 32.1. The first-order valence-electron chi connectivity index (χ1n) is 5.86. The van der Waals surface area contributed by atoms with Crippen LogP contribution < -0.4 is 5.32 Å². The monoisotopic (exact) mass is 257 g/mol. The molecule has 0 spiro atoms. The van der Waals surface area contributed by atoms with Gasteiger partial charge in [0.25, 0.3) is 0 Å². The summed E-state index contributed by atoms with van der Waals surface area (Å²) in [6.45, 7) is 5.70. The summed E-state index contributed by atoms with van der Waals surface area (Å²) in [6, 6.07) is 0. The minimum absolute atomic E-state index is 0.0133. The molecule has 0 saturated heterocycles. The van der Waals surface area contributed by atoms with Crippen molar-refractivity contribution in [1.82, 2.24) is 5.32 Å². The van der Waals surface area contributed by atoms with Gasteiger partial charge in [-0.15, -0.1) is 0 Å². The Bertz CT molecular complexity index is 329. The third-order valence-corrected chi connectivity index (χ3v) is 3.62. The largest absolute Gasteiger partial charge is 0.304 e. The van der Waals surface area contributed by atoms with Crippen LogP contribution in [0.4, 0.5) is 4.39 Å². The van der Waals surface area contributed by atoms with Crippen LogP contribution in [0.3, 0.4) is 0 Å². The molecule has 0 aromatic rings. The lowest BCUT2D eigenvalue weighted by Crippen LogP contribution is -2.44. The molecule has 1 aliphatic carbocycles. The molecule has 1 rings (SSSR count). The van der Waals surface area contributed by atoms with E-state index in [1.165, 1.54) is 5.57 Å². The van der Waals surface area contributed by atoms with Crippen LogP contribution in [-0.2, 0) is 4.79 Å². The van der Waals surface area contributed by atoms with Crippen molar-refractivity contribution in [2.75, 3.05) is 12.4 Å². The van der Waals surface area contributed by atoms with E-state index >= 15 is 0 Å². The Hall–Kier alpha value is -0.610. The van der Waals surface area contributed by atoms with Crippen LogP contribution in [0.2, 0.25) is 0 Å². The molecule has 1 N–H and O–H groups in total. The molecule has 0 bridgehead atoms. The first kappa shape index (κ1) is 14.5. The van der Waals surface area contributed by atoms with Crippen molar-refractivity contribution in [3.63, 3.8) is 0 Å². The number of halogens is 1. The zero-order chi connectivity index (χ0) is 12.9. The van der Waals surface area contributed by atoms with E-state index in [1.54, 1.807) is 6.92 Å². The van der Waals surface area contributed by atoms with Gasteiger partial charge in [-0.3, -0.25) is 4.79 Å². The smallest absolute Gasteiger partial charge is 0.184 e. The molecule has 0 amide bonds. The number of hydrogen-bond acceptors (Lipinski definition) is 3. The standard InChI is InChI=1S/C13H20FNOS/c1-10-3-5-12(6-4-10)11(2)13(14,8-16)7-15-9-17/h5,8,11,15,17H,1,3-4,6-7,9H2,2H3/t11?,13-/m0/s1. The molecule has 0 fully saturated rings. The van der Waals surface area contributed by atoms with E-state index in [0.29, 0.717) is 12.2 Å². The lowest BCUT2D eigenvalue weighted by Gasteiger charge is -2.30. The van der Waals surface area contributed by atoms with Crippen LogP contribution in [-0.4, -0.2) is 24.4 Å². The summed E-state index contributed by atoms with van der Waals surface area (Å²) < 4.78 is 14.5. The second kappa shape index (κ2) is 6.36. The van der Waals surface area contributed by atoms with Gasteiger partial charge in [-0.1, -0.05) is 30.7 Å². The number of carbonyl (C=O) groups is 1. The molecular weight excluding hydrogens is 237 g/mol. The third kappa shape index (κ3) is 3.68. The van der Waals surface area contributed by atoms with E-state index < -0.39 is 5.67 Å². The van der Waals surface area contributed by atoms with Gasteiger partial charge in [0.1, 0.15) is 0 Å². The van der Waals surface area contributed by atoms with Gasteiger partial charge in [-0.25, -0.2) is 4.39 Å². The van der Waals surface area contributed by atoms with Crippen molar-refractivity contribution in [2.24, 2.45) is 5.92 Å². The number of aldehydes is 1. The molecule has 17 heavy (non-hydrogen) atoms. The molecule has 4 heteroatoms. The fourth-order valence-corrected chi connectivity index (χ4v) is 2.16. The topological polar surface area (TPSA) is 29.1 Å². The zero-order valence-electron chi connectivity index (χ0n) is 10.2. The summed E-state index contributed by atoms with van der Waals surface area (Å²) in [5.41, 5.74) is 0.353. The minimum Gasteiger partial charge on any atom is -0.304 e. The van der Waals surface area contributed by atoms with Gasteiger partial charge in [-0.2, -0.15) is 12.6 Å². The SMILES string of the molecule is C=C1CC=C(C(C)[C@@](F)(C=O)CNCS)CC1. The van der Waals surface area contributed by atoms with Gasteiger partial charge in [0.15, 0.2) is 12.0 Å². The van der Waals surface area contributed by atoms with E-state index in [2.05, 4.69) is 24.5 Å². The van der Waals surface area contributed by atoms with E-state index in [0.717, 1.165) is 24.8 Å². The highest BCUT2D eigenvalue weighted by Crippen LogP contribution is 2.33. The molecule has 0 radical (unpaired) electrons. The Kier molecular flexibility index (Phi) is 5.40. The van der Waals surface area contributed by atoms with Crippen molar-refractivity contribution >= 4 is 18.9 Å². The Morgan fingerprint density at radius 1 is 1.71 bits per heavy atom. The van der Waals surface area contributed by atoms with Crippen molar-refractivity contribution in [1.29, 1.82) is 0 Å². The van der Waals surface area contributed by atoms with Gasteiger partial charge in [-0.05, 0) is 19.3 Å². The number of carbonyl (C=O) groups excluding carboxylic acids is 1. The number of thiol groups is 1. The maximum atomic E-state index is 14.5. The summed E-state index contributed by atoms with van der Waals surface area (Å²) in [5, 5.41) is 2.78. The molecule has 0 aromatic heterocycles. The molecule has 96 valence electrons. The predicted molar refractivity (Wildman–Crippen MR) is 72.0 cm³/mol. The summed E-state index contributed by atoms with van der Waals surface area (Å²) in [5.74, 6) is -0.0253. The second-order valence-electron chi connectivity index (χ2n) is 4.58. The highest BCUT2D eigenvalue weighted by molar-refractivity contribution is 7.80. The Labute approximate surface area is 108 Å². The molecule has 2 atom stereocenters. The number of allylic oxidation sites excluding steroid dienone is 3. The average molecular weight is 257 g/mol. The Morgan fingerprint density at radius 3 is 2.88 bits per heavy atom. The van der Waals surface area contributed by atoms with Crippen LogP contribution in [0, 0.1) is 5.92 Å². The van der Waals surface area contributed by atoms with Crippen LogP contribution in [0.25, 0.3) is 0 Å². The van der Waals surface area contributed by atoms with Crippen molar-refractivity contribution < 1.29 is 9.18 Å². The zero-order valence-corrected chi connectivity index (χ0v) is 11.1. The summed E-state index contributed by atoms with van der Waals surface area (Å²) in [7, 11) is 0. The normalized spacial score (nSPS) is 21.6. The van der Waals surface area contributed by atoms with Crippen molar-refractivity contribution in [3.05, 3.63) is 23.8 Å². The average Bonchev–Trinajstić information content (AvgIpc) is 2.36. The summed E-state index contributed by atoms with van der Waals surface area (Å²) in [6.07, 6.45) is 4.92. The van der Waals surface area contributed by atoms with Gasteiger partial charge in [0.2, 0.25) is 0 Å². The van der Waals surface area contributed by atoms with Gasteiger partial charge in [0.05, 0.1) is 0 Å². The Morgan fingerprint density at radius 2 is 2.41 bits per heavy atom. The van der Waals surface area contributed by atoms with Crippen LogP contribution in [0.15, 0.2) is 23.8 Å². The van der Waals surface area contributed by atoms with E-state index in [9.17, 15) is 9.18 Å². The molecule has 1 unspecified atom stereocenters. The Balaban J connectivity index is 2.74. The maximum absolute atomic E-state index is 14.5. The maximum Gasteiger partial charge on any atom is 0.184 e. The van der Waals surface area contributed by atoms with Crippen LogP contribution in [0.1, 0.15) is 26.2 Å². The number of rotatable bonds is 6. The molecule has 2 nitrogen and oxygen atoms in total. The van der Waals surface area contributed by atoms with E-state index in [1.807, 2.05) is 6.08 Å². The molecule has 1 aliphatic rings. The lowest BCUT2D eigenvalue weighted by molar-refractivity contribution is -0.119. The van der Waals surface area contributed by atoms with Crippen molar-refractivity contribution in [2.45, 2.75) is 31.9 Å². The fourth-order valence-electron chi connectivity index (χ4n) is 2.05. The van der Waals surface area contributed by atoms with E-state index in [4.69, 9.17) is 0 Å². The molecular formula is C13H20FNOS. The quantitative estimate of drug-likeness (QED) is 0.331. The highest BCUT2D eigenvalue weighted by Gasteiger charge is 2.37. The van der Waals surface area contributed by atoms with Crippen molar-refractivity contribution in [3.8, 4) is 0 Å². The molecule has 0 aromatic carbocycles. The van der Waals surface area contributed by atoms with Gasteiger partial charge >= 0.3 is 0 Å². The molecule has 0 saturated carbocycles. The van der Waals surface area contributed by atoms with Gasteiger partial charge < -0.3 is 5.32 Å². The second-order valence-corrected chi connectivity index (χ2v) is 4.90. The van der Waals surface area contributed by atoms with E-state index in [-0.39, 0.29) is 12.5 Å². The first-order valence-corrected chi connectivity index (χ1v) is 6.49. The van der Waals surface area contributed by atoms with Crippen LogP contribution in [0.5, 0.6) is 0 Å². The van der Waals surface area contributed by atoms with Crippen LogP contribution >= 0.6 is 12.6 Å². The first-order chi connectivity index (χ1) is 8.03. The third-order valence-electron chi connectivity index (χ3n) is 3.40. The number of nitrogens with one attached hydrogen (secondary N) is 1. The molecule has 0 aliphatic heterocycles. The fraction of sp³-hybridized carbons (Fsp3) is 0.615. The number of hydrogen-bond donors (Lipinski definition) is 2. The van der Waals surface area contributed by atoms with Gasteiger partial charge in [0, 0.05) is 18.3 Å². The number of alkyl halides is 1. The lowest BCUT2D eigenvalue weighted by atomic mass is 9.80. The minimum atomic E-state index is -1.84. The summed E-state index contributed by atoms with van der Waals surface area (Å²) in [4.78, 5) is 11.0. The summed E-state index contributed by atoms with van der Waals surface area (Å²) >= 11 is 3.96.